The van der Waals surface area contributed by atoms with Gasteiger partial charge in [-0.1, -0.05) is 24.3 Å². The monoisotopic (exact) mass is 282 g/mol. The van der Waals surface area contributed by atoms with Crippen LogP contribution in [-0.4, -0.2) is 17.4 Å². The Balaban J connectivity index is 2.19. The van der Waals surface area contributed by atoms with Gasteiger partial charge in [0, 0.05) is 0 Å². The molecule has 2 N–H and O–H groups in total. The second kappa shape index (κ2) is 5.56. The normalized spacial score (nSPS) is 11.2. The molecule has 0 aliphatic rings. The molecule has 0 saturated heterocycles. The molecule has 0 fully saturated rings. The van der Waals surface area contributed by atoms with Gasteiger partial charge in [-0.2, -0.15) is 13.2 Å². The van der Waals surface area contributed by atoms with Gasteiger partial charge in [0.15, 0.2) is 0 Å². The Labute approximate surface area is 113 Å². The maximum Gasteiger partial charge on any atom is 0.707 e. The molecule has 0 spiro atoms. The van der Waals surface area contributed by atoms with Crippen LogP contribution in [0.2, 0.25) is 0 Å². The zero-order chi connectivity index (χ0) is 14.8. The van der Waals surface area contributed by atoms with Crippen LogP contribution in [0.5, 0.6) is 5.75 Å². The van der Waals surface area contributed by atoms with E-state index in [0.29, 0.717) is 11.1 Å². The van der Waals surface area contributed by atoms with Crippen molar-refractivity contribution in [3.05, 3.63) is 54.1 Å². The molecule has 104 valence electrons. The maximum absolute atomic E-state index is 12.4. The number of benzene rings is 2. The Bertz CT molecular complexity index is 565. The third-order valence-corrected chi connectivity index (χ3v) is 2.64. The molecule has 0 bridgehead atoms. The molecule has 0 unspecified atom stereocenters. The largest absolute Gasteiger partial charge is 0.707 e. The van der Waals surface area contributed by atoms with E-state index >= 15 is 0 Å². The van der Waals surface area contributed by atoms with Crippen molar-refractivity contribution >= 4 is 7.32 Å². The van der Waals surface area contributed by atoms with E-state index in [0.717, 1.165) is 12.1 Å². The minimum atomic E-state index is -4.35. The fraction of sp³-hybridized carbons (Fsp3) is 0.0769. The minimum Gasteiger partial charge on any atom is -0.512 e. The van der Waals surface area contributed by atoms with Crippen LogP contribution < -0.4 is 4.65 Å². The highest BCUT2D eigenvalue weighted by molar-refractivity contribution is 6.33. The second-order valence-corrected chi connectivity index (χ2v) is 4.04. The quantitative estimate of drug-likeness (QED) is 0.851. The van der Waals surface area contributed by atoms with Crippen LogP contribution >= 0.6 is 0 Å². The van der Waals surface area contributed by atoms with E-state index in [1.165, 1.54) is 24.3 Å². The van der Waals surface area contributed by atoms with E-state index in [9.17, 15) is 13.2 Å². The molecule has 3 nitrogen and oxygen atoms in total. The summed E-state index contributed by atoms with van der Waals surface area (Å²) in [5.41, 5.74) is 0.609. The zero-order valence-corrected chi connectivity index (χ0v) is 10.1. The van der Waals surface area contributed by atoms with Crippen LogP contribution in [0, 0.1) is 0 Å². The highest BCUT2D eigenvalue weighted by atomic mass is 19.4. The molecule has 2 rings (SSSR count). The fourth-order valence-electron chi connectivity index (χ4n) is 1.70. The molecule has 2 aromatic carbocycles. The Morgan fingerprint density at radius 1 is 0.800 bits per heavy atom. The first-order valence-electron chi connectivity index (χ1n) is 5.67. The van der Waals surface area contributed by atoms with Gasteiger partial charge in [-0.05, 0) is 35.4 Å². The standard InChI is InChI=1S/C13H10BF3O3/c15-13(16,17)11-5-1-9(2-6-11)10-3-7-12(8-4-10)20-14(18)19/h1-8,18-19H. The Morgan fingerprint density at radius 2 is 1.25 bits per heavy atom. The van der Waals surface area contributed by atoms with E-state index in [2.05, 4.69) is 4.65 Å². The summed E-state index contributed by atoms with van der Waals surface area (Å²) in [6, 6.07) is 11.0. The van der Waals surface area contributed by atoms with Crippen molar-refractivity contribution in [3.63, 3.8) is 0 Å². The molecule has 20 heavy (non-hydrogen) atoms. The van der Waals surface area contributed by atoms with E-state index in [-0.39, 0.29) is 5.75 Å². The summed E-state index contributed by atoms with van der Waals surface area (Å²) in [6.07, 6.45) is -4.35. The topological polar surface area (TPSA) is 49.7 Å². The van der Waals surface area contributed by atoms with Crippen LogP contribution in [0.15, 0.2) is 48.5 Å². The van der Waals surface area contributed by atoms with E-state index in [1.807, 2.05) is 0 Å². The first-order valence-corrected chi connectivity index (χ1v) is 5.67. The third kappa shape index (κ3) is 3.52. The van der Waals surface area contributed by atoms with E-state index in [1.54, 1.807) is 12.1 Å². The number of alkyl halides is 3. The van der Waals surface area contributed by atoms with Gasteiger partial charge in [-0.15, -0.1) is 0 Å². The van der Waals surface area contributed by atoms with Gasteiger partial charge in [0.05, 0.1) is 5.56 Å². The smallest absolute Gasteiger partial charge is 0.512 e. The predicted molar refractivity (Wildman–Crippen MR) is 67.7 cm³/mol. The molecule has 7 heteroatoms. The first-order chi connectivity index (χ1) is 9.36. The average Bonchev–Trinajstić information content (AvgIpc) is 2.38. The summed E-state index contributed by atoms with van der Waals surface area (Å²) >= 11 is 0. The highest BCUT2D eigenvalue weighted by Gasteiger charge is 2.29. The SMILES string of the molecule is OB(O)Oc1ccc(-c2ccc(C(F)(F)F)cc2)cc1. The van der Waals surface area contributed by atoms with Crippen LogP contribution in [0.1, 0.15) is 5.56 Å². The summed E-state index contributed by atoms with van der Waals surface area (Å²) in [7, 11) is -1.91. The van der Waals surface area contributed by atoms with Gasteiger partial charge in [0.25, 0.3) is 0 Å². The number of hydrogen-bond donors (Lipinski definition) is 2. The molecule has 0 radical (unpaired) electrons. The van der Waals surface area contributed by atoms with Crippen molar-refractivity contribution in [2.75, 3.05) is 0 Å². The summed E-state index contributed by atoms with van der Waals surface area (Å²) in [5.74, 6) is 0.246. The van der Waals surface area contributed by atoms with Crippen LogP contribution in [-0.2, 0) is 6.18 Å². The van der Waals surface area contributed by atoms with Gasteiger partial charge in [0.2, 0.25) is 0 Å². The number of hydrogen-bond acceptors (Lipinski definition) is 3. The summed E-state index contributed by atoms with van der Waals surface area (Å²) in [4.78, 5) is 0. The molecule has 0 aliphatic carbocycles. The highest BCUT2D eigenvalue weighted by Crippen LogP contribution is 2.31. The Kier molecular flexibility index (Phi) is 4.01. The Hall–Kier alpha value is -1.99. The lowest BCUT2D eigenvalue weighted by atomic mass is 10.0. The third-order valence-electron chi connectivity index (χ3n) is 2.64. The Morgan fingerprint density at radius 3 is 1.65 bits per heavy atom. The predicted octanol–water partition coefficient (Wildman–Crippen LogP) is 2.72. The lowest BCUT2D eigenvalue weighted by Gasteiger charge is -2.09. The van der Waals surface area contributed by atoms with Crippen molar-refractivity contribution in [2.45, 2.75) is 6.18 Å². The summed E-state index contributed by atoms with van der Waals surface area (Å²) in [6.45, 7) is 0. The van der Waals surface area contributed by atoms with E-state index < -0.39 is 19.1 Å². The van der Waals surface area contributed by atoms with Crippen LogP contribution in [0.3, 0.4) is 0 Å². The summed E-state index contributed by atoms with van der Waals surface area (Å²) < 4.78 is 41.9. The molecule has 2 aromatic rings. The molecule has 0 amide bonds. The van der Waals surface area contributed by atoms with Gasteiger partial charge < -0.3 is 14.7 Å². The van der Waals surface area contributed by atoms with Crippen molar-refractivity contribution in [3.8, 4) is 16.9 Å². The van der Waals surface area contributed by atoms with Crippen LogP contribution in [0.25, 0.3) is 11.1 Å². The lowest BCUT2D eigenvalue weighted by Crippen LogP contribution is -2.20. The van der Waals surface area contributed by atoms with Gasteiger partial charge in [-0.3, -0.25) is 0 Å². The van der Waals surface area contributed by atoms with E-state index in [4.69, 9.17) is 10.0 Å². The molecule has 0 heterocycles. The molecule has 0 aliphatic heterocycles. The molecule has 0 aromatic heterocycles. The molecule has 0 saturated carbocycles. The molecular formula is C13H10BF3O3. The maximum atomic E-state index is 12.4. The first kappa shape index (κ1) is 14.4. The molecule has 0 atom stereocenters. The van der Waals surface area contributed by atoms with Gasteiger partial charge >= 0.3 is 13.5 Å². The van der Waals surface area contributed by atoms with Crippen molar-refractivity contribution < 1.29 is 27.9 Å². The second-order valence-electron chi connectivity index (χ2n) is 4.04. The van der Waals surface area contributed by atoms with Gasteiger partial charge in [-0.25, -0.2) is 0 Å². The van der Waals surface area contributed by atoms with Crippen molar-refractivity contribution in [1.29, 1.82) is 0 Å². The van der Waals surface area contributed by atoms with Crippen molar-refractivity contribution in [2.24, 2.45) is 0 Å². The zero-order valence-electron chi connectivity index (χ0n) is 10.1. The number of rotatable bonds is 3. The number of halogens is 3. The molecular weight excluding hydrogens is 272 g/mol. The van der Waals surface area contributed by atoms with Gasteiger partial charge in [0.1, 0.15) is 5.75 Å². The van der Waals surface area contributed by atoms with Crippen molar-refractivity contribution in [1.82, 2.24) is 0 Å². The lowest BCUT2D eigenvalue weighted by molar-refractivity contribution is -0.137. The summed E-state index contributed by atoms with van der Waals surface area (Å²) in [5, 5.41) is 17.3. The fourth-order valence-corrected chi connectivity index (χ4v) is 1.70. The van der Waals surface area contributed by atoms with Crippen LogP contribution in [0.4, 0.5) is 13.2 Å². The minimum absolute atomic E-state index is 0.246. The average molecular weight is 282 g/mol.